The molecule has 222 valence electrons. The van der Waals surface area contributed by atoms with E-state index in [0.717, 1.165) is 42.6 Å². The maximum absolute atomic E-state index is 14.0. The van der Waals surface area contributed by atoms with E-state index in [-0.39, 0.29) is 23.5 Å². The molecule has 0 amide bonds. The highest BCUT2D eigenvalue weighted by atomic mass is 16.3. The second-order valence-corrected chi connectivity index (χ2v) is 14.2. The fourth-order valence-corrected chi connectivity index (χ4v) is 9.18. The summed E-state index contributed by atoms with van der Waals surface area (Å²) in [6.45, 7) is 10.1. The maximum atomic E-state index is 14.0. The van der Waals surface area contributed by atoms with E-state index in [9.17, 15) is 14.7 Å². The van der Waals surface area contributed by atoms with Gasteiger partial charge in [0.05, 0.1) is 24.4 Å². The van der Waals surface area contributed by atoms with Crippen molar-refractivity contribution in [2.75, 3.05) is 0 Å². The molecule has 3 aliphatic carbocycles. The van der Waals surface area contributed by atoms with Gasteiger partial charge in [-0.15, -0.1) is 0 Å². The van der Waals surface area contributed by atoms with Gasteiger partial charge in [0.25, 0.3) is 0 Å². The van der Waals surface area contributed by atoms with E-state index in [1.54, 1.807) is 9.36 Å². The highest BCUT2D eigenvalue weighted by Gasteiger charge is 2.51. The van der Waals surface area contributed by atoms with Crippen LogP contribution in [0.15, 0.2) is 62.7 Å². The topological polar surface area (TPSA) is 69.2 Å². The zero-order chi connectivity index (χ0) is 28.9. The first-order valence-electron chi connectivity index (χ1n) is 16.3. The van der Waals surface area contributed by atoms with E-state index < -0.39 is 0 Å². The predicted molar refractivity (Wildman–Crippen MR) is 164 cm³/mol. The Balaban J connectivity index is 1.38. The summed E-state index contributed by atoms with van der Waals surface area (Å²) in [5.74, 6) is 2.76. The van der Waals surface area contributed by atoms with Gasteiger partial charge in [-0.2, -0.15) is 0 Å². The number of nitrogens with zero attached hydrogens (tertiary/aromatic N) is 3. The van der Waals surface area contributed by atoms with Crippen LogP contribution in [-0.4, -0.2) is 25.1 Å². The summed E-state index contributed by atoms with van der Waals surface area (Å²) in [6, 6.07) is 8.98. The summed E-state index contributed by atoms with van der Waals surface area (Å²) in [5.41, 5.74) is 4.21. The molecule has 2 aromatic rings. The molecule has 1 aliphatic heterocycles. The number of allylic oxidation sites excluding steroid dienone is 3. The third-order valence-corrected chi connectivity index (χ3v) is 11.3. The van der Waals surface area contributed by atoms with Crippen molar-refractivity contribution >= 4 is 0 Å². The molecule has 0 spiro atoms. The molecule has 6 nitrogen and oxygen atoms in total. The average molecular weight is 560 g/mol. The Labute approximate surface area is 244 Å². The van der Waals surface area contributed by atoms with Crippen LogP contribution >= 0.6 is 0 Å². The Morgan fingerprint density at radius 3 is 2.56 bits per heavy atom. The van der Waals surface area contributed by atoms with E-state index in [2.05, 4.69) is 33.8 Å². The molecule has 0 saturated heterocycles. The molecule has 0 bridgehead atoms. The largest absolute Gasteiger partial charge is 0.393 e. The first-order chi connectivity index (χ1) is 19.7. The summed E-state index contributed by atoms with van der Waals surface area (Å²) in [4.78, 5) is 27.7. The summed E-state index contributed by atoms with van der Waals surface area (Å²) >= 11 is 0. The van der Waals surface area contributed by atoms with Gasteiger partial charge in [-0.05, 0) is 104 Å². The molecule has 1 N–H and O–H groups in total. The van der Waals surface area contributed by atoms with Crippen molar-refractivity contribution in [3.63, 3.8) is 0 Å². The Bertz CT molecular complexity index is 1440. The average Bonchev–Trinajstić information content (AvgIpc) is 3.42. The van der Waals surface area contributed by atoms with Crippen LogP contribution < -0.4 is 11.4 Å². The number of hydrogen-bond acceptors (Lipinski definition) is 3. The summed E-state index contributed by atoms with van der Waals surface area (Å²) < 4.78 is 4.71. The molecule has 41 heavy (non-hydrogen) atoms. The number of benzene rings is 1. The van der Waals surface area contributed by atoms with Crippen molar-refractivity contribution in [2.45, 2.75) is 117 Å². The molecule has 2 fully saturated rings. The number of fused-ring (bicyclic) bond motifs is 2. The number of aliphatic hydroxyl groups is 1. The lowest BCUT2D eigenvalue weighted by Crippen LogP contribution is -2.39. The molecule has 0 unspecified atom stereocenters. The number of aliphatic hydroxyl groups excluding tert-OH is 1. The molecule has 6 atom stereocenters. The van der Waals surface area contributed by atoms with Crippen molar-refractivity contribution in [2.24, 2.45) is 29.1 Å². The Kier molecular flexibility index (Phi) is 7.82. The minimum atomic E-state index is -0.390. The Morgan fingerprint density at radius 2 is 1.80 bits per heavy atom. The fourth-order valence-electron chi connectivity index (χ4n) is 9.18. The molecule has 2 heterocycles. The van der Waals surface area contributed by atoms with E-state index in [1.165, 1.54) is 60.7 Å². The smallest absolute Gasteiger partial charge is 0.352 e. The van der Waals surface area contributed by atoms with Crippen LogP contribution in [0.4, 0.5) is 0 Å². The Morgan fingerprint density at radius 1 is 1.02 bits per heavy atom. The first-order valence-corrected chi connectivity index (χ1v) is 16.3. The molecule has 6 heteroatoms. The third kappa shape index (κ3) is 5.04. The van der Waals surface area contributed by atoms with Crippen LogP contribution in [0.1, 0.15) is 104 Å². The Hall–Kier alpha value is -2.60. The standard InChI is InChI=1S/C35H49N3O3/c1-23(2)10-8-11-24(3)30-17-18-31-25(12-9-19-35(30,31)4)20-32-29-21-28(39)16-15-26(29)22-36-33(40)37(34(41)38(32)36)27-13-6-5-7-14-27/h5-7,13-14,20,23-24,28,30-32,39H,8-12,15-19,21-22H2,1-4H3/b25-20+/t24-,28+,30-,31+,32-,35-/m1/s1. The molecule has 6 rings (SSSR count). The highest BCUT2D eigenvalue weighted by Crippen LogP contribution is 2.60. The van der Waals surface area contributed by atoms with Gasteiger partial charge in [-0.25, -0.2) is 23.5 Å². The van der Waals surface area contributed by atoms with E-state index >= 15 is 0 Å². The van der Waals surface area contributed by atoms with Crippen LogP contribution in [0.2, 0.25) is 0 Å². The first kappa shape index (κ1) is 28.5. The van der Waals surface area contributed by atoms with E-state index in [0.29, 0.717) is 30.0 Å². The molecule has 1 aromatic carbocycles. The SMILES string of the molecule is CC(C)CCC[C@@H](C)[C@H]1CC[C@H]2/C(=C/[C@@H]3C4=C(CC[C@H](O)C4)Cn4c(=O)n(-c5ccccc5)c(=O)n43)CCC[C@]12C. The van der Waals surface area contributed by atoms with Crippen molar-refractivity contribution in [3.8, 4) is 5.69 Å². The van der Waals surface area contributed by atoms with Crippen LogP contribution in [-0.2, 0) is 6.54 Å². The summed E-state index contributed by atoms with van der Waals surface area (Å²) in [7, 11) is 0. The van der Waals surface area contributed by atoms with Gasteiger partial charge in [0.1, 0.15) is 0 Å². The van der Waals surface area contributed by atoms with Crippen LogP contribution in [0.5, 0.6) is 0 Å². The van der Waals surface area contributed by atoms with Gasteiger partial charge in [0, 0.05) is 0 Å². The van der Waals surface area contributed by atoms with Gasteiger partial charge >= 0.3 is 11.4 Å². The quantitative estimate of drug-likeness (QED) is 0.379. The second kappa shape index (κ2) is 11.2. The van der Waals surface area contributed by atoms with Gasteiger partial charge < -0.3 is 5.11 Å². The minimum Gasteiger partial charge on any atom is -0.393 e. The van der Waals surface area contributed by atoms with Gasteiger partial charge in [-0.3, -0.25) is 0 Å². The molecular formula is C35H49N3O3. The predicted octanol–water partition coefficient (Wildman–Crippen LogP) is 6.80. The minimum absolute atomic E-state index is 0.271. The highest BCUT2D eigenvalue weighted by molar-refractivity contribution is 5.35. The lowest BCUT2D eigenvalue weighted by atomic mass is 9.60. The molecule has 1 aromatic heterocycles. The number of rotatable bonds is 7. The van der Waals surface area contributed by atoms with Gasteiger partial charge in [-0.1, -0.05) is 76.8 Å². The second-order valence-electron chi connectivity index (χ2n) is 14.2. The third-order valence-electron chi connectivity index (χ3n) is 11.3. The van der Waals surface area contributed by atoms with Crippen LogP contribution in [0.25, 0.3) is 5.69 Å². The molecule has 0 radical (unpaired) electrons. The molecule has 2 saturated carbocycles. The normalized spacial score (nSPS) is 31.3. The zero-order valence-electron chi connectivity index (χ0n) is 25.5. The fraction of sp³-hybridized carbons (Fsp3) is 0.657. The lowest BCUT2D eigenvalue weighted by molar-refractivity contribution is 0.0922. The monoisotopic (exact) mass is 559 g/mol. The van der Waals surface area contributed by atoms with Crippen molar-refractivity contribution < 1.29 is 5.11 Å². The number of aromatic nitrogens is 3. The zero-order valence-corrected chi connectivity index (χ0v) is 25.5. The number of hydrogen-bond donors (Lipinski definition) is 1. The summed E-state index contributed by atoms with van der Waals surface area (Å²) in [5, 5.41) is 10.7. The van der Waals surface area contributed by atoms with E-state index in [4.69, 9.17) is 0 Å². The molecule has 4 aliphatic rings. The van der Waals surface area contributed by atoms with E-state index in [1.807, 2.05) is 30.3 Å². The lowest BCUT2D eigenvalue weighted by Gasteiger charge is -2.45. The van der Waals surface area contributed by atoms with Gasteiger partial charge in [0.15, 0.2) is 0 Å². The number of para-hydroxylation sites is 1. The van der Waals surface area contributed by atoms with Crippen LogP contribution in [0, 0.1) is 29.1 Å². The van der Waals surface area contributed by atoms with Crippen LogP contribution in [0.3, 0.4) is 0 Å². The molecular weight excluding hydrogens is 510 g/mol. The van der Waals surface area contributed by atoms with Crippen molar-refractivity contribution in [1.82, 2.24) is 13.9 Å². The van der Waals surface area contributed by atoms with Crippen molar-refractivity contribution in [3.05, 3.63) is 74.1 Å². The van der Waals surface area contributed by atoms with Crippen molar-refractivity contribution in [1.29, 1.82) is 0 Å². The summed E-state index contributed by atoms with van der Waals surface area (Å²) in [6.07, 6.45) is 14.0. The van der Waals surface area contributed by atoms with Gasteiger partial charge in [0.2, 0.25) is 0 Å². The maximum Gasteiger partial charge on any atom is 0.352 e.